The summed E-state index contributed by atoms with van der Waals surface area (Å²) >= 11 is 6.14. The molecule has 0 bridgehead atoms. The second-order valence-corrected chi connectivity index (χ2v) is 8.60. The number of nitrogens with one attached hydrogen (secondary N) is 1. The first-order chi connectivity index (χ1) is 14.5. The van der Waals surface area contributed by atoms with Crippen molar-refractivity contribution >= 4 is 17.5 Å². The van der Waals surface area contributed by atoms with Crippen molar-refractivity contribution < 1.29 is 9.32 Å². The van der Waals surface area contributed by atoms with Crippen molar-refractivity contribution in [2.45, 2.75) is 50.4 Å². The average molecular weight is 428 g/mol. The Kier molecular flexibility index (Phi) is 5.90. The maximum Gasteiger partial charge on any atom is 0.273 e. The van der Waals surface area contributed by atoms with Gasteiger partial charge in [0.15, 0.2) is 5.69 Å². The number of amides is 1. The number of aryl methyl sites for hydroxylation is 1. The van der Waals surface area contributed by atoms with Crippen molar-refractivity contribution in [3.05, 3.63) is 64.5 Å². The third-order valence-electron chi connectivity index (χ3n) is 5.99. The number of halogens is 1. The molecule has 0 spiro atoms. The molecule has 3 aromatic heterocycles. The summed E-state index contributed by atoms with van der Waals surface area (Å²) in [5.41, 5.74) is 1.39. The zero-order valence-electron chi connectivity index (χ0n) is 17.3. The van der Waals surface area contributed by atoms with E-state index in [-0.39, 0.29) is 5.91 Å². The van der Waals surface area contributed by atoms with Crippen LogP contribution in [-0.2, 0) is 12.5 Å². The fourth-order valence-corrected chi connectivity index (χ4v) is 4.25. The van der Waals surface area contributed by atoms with Crippen molar-refractivity contribution in [3.8, 4) is 0 Å². The molecule has 7 nitrogen and oxygen atoms in total. The van der Waals surface area contributed by atoms with Gasteiger partial charge in [0, 0.05) is 37.3 Å². The fraction of sp³-hybridized carbons (Fsp3) is 0.455. The summed E-state index contributed by atoms with van der Waals surface area (Å²) in [5, 5.41) is 11.7. The molecule has 0 radical (unpaired) electrons. The molecule has 1 aliphatic rings. The average Bonchev–Trinajstić information content (AvgIpc) is 3.42. The van der Waals surface area contributed by atoms with E-state index < -0.39 is 5.41 Å². The summed E-state index contributed by atoms with van der Waals surface area (Å²) in [6.45, 7) is 2.33. The summed E-state index contributed by atoms with van der Waals surface area (Å²) in [4.78, 5) is 17.3. The van der Waals surface area contributed by atoms with Crippen LogP contribution in [0.25, 0.3) is 0 Å². The quantitative estimate of drug-likeness (QED) is 0.594. The zero-order valence-corrected chi connectivity index (χ0v) is 18.0. The molecule has 30 heavy (non-hydrogen) atoms. The molecule has 0 saturated heterocycles. The van der Waals surface area contributed by atoms with Gasteiger partial charge in [0.05, 0.1) is 17.3 Å². The van der Waals surface area contributed by atoms with Crippen LogP contribution in [0.15, 0.2) is 41.2 Å². The van der Waals surface area contributed by atoms with Crippen molar-refractivity contribution in [1.29, 1.82) is 0 Å². The van der Waals surface area contributed by atoms with Crippen LogP contribution >= 0.6 is 11.6 Å². The van der Waals surface area contributed by atoms with E-state index in [9.17, 15) is 4.79 Å². The Labute approximate surface area is 180 Å². The van der Waals surface area contributed by atoms with Crippen LogP contribution in [0.1, 0.15) is 72.5 Å². The first kappa shape index (κ1) is 20.6. The fourth-order valence-electron chi connectivity index (χ4n) is 4.09. The van der Waals surface area contributed by atoms with Crippen LogP contribution in [0, 0.1) is 0 Å². The number of carbonyl (C=O) groups is 1. The number of pyridine rings is 1. The van der Waals surface area contributed by atoms with Crippen molar-refractivity contribution in [2.24, 2.45) is 7.05 Å². The Morgan fingerprint density at radius 3 is 2.83 bits per heavy atom. The van der Waals surface area contributed by atoms with Crippen molar-refractivity contribution in [2.75, 3.05) is 6.54 Å². The van der Waals surface area contributed by atoms with Gasteiger partial charge in [-0.3, -0.25) is 9.48 Å². The number of aromatic nitrogens is 4. The van der Waals surface area contributed by atoms with Crippen molar-refractivity contribution in [1.82, 2.24) is 25.2 Å². The Bertz CT molecular complexity index is 1020. The first-order valence-electron chi connectivity index (χ1n) is 10.3. The SMILES string of the molecule is Cn1cc(C(C)(CNC(=O)c2cc(C3CCCCC3)on2)c2cccc(Cl)n2)cn1. The van der Waals surface area contributed by atoms with Gasteiger partial charge in [-0.25, -0.2) is 4.98 Å². The molecular formula is C22H26ClN5O2. The maximum absolute atomic E-state index is 12.8. The lowest BCUT2D eigenvalue weighted by Gasteiger charge is -2.28. The minimum absolute atomic E-state index is 0.266. The molecule has 1 aliphatic carbocycles. The van der Waals surface area contributed by atoms with E-state index in [4.69, 9.17) is 16.1 Å². The summed E-state index contributed by atoms with van der Waals surface area (Å²) in [7, 11) is 1.86. The molecule has 8 heteroatoms. The Morgan fingerprint density at radius 1 is 1.33 bits per heavy atom. The summed E-state index contributed by atoms with van der Waals surface area (Å²) in [6.07, 6.45) is 9.55. The minimum Gasteiger partial charge on any atom is -0.360 e. The Morgan fingerprint density at radius 2 is 2.13 bits per heavy atom. The highest BCUT2D eigenvalue weighted by atomic mass is 35.5. The highest BCUT2D eigenvalue weighted by Crippen LogP contribution is 2.33. The van der Waals surface area contributed by atoms with Crippen LogP contribution in [0.2, 0.25) is 5.15 Å². The third kappa shape index (κ3) is 4.26. The van der Waals surface area contributed by atoms with Crippen LogP contribution in [0.4, 0.5) is 0 Å². The molecule has 0 aromatic carbocycles. The molecule has 0 aliphatic heterocycles. The van der Waals surface area contributed by atoms with E-state index in [2.05, 4.69) is 20.6 Å². The normalized spacial score (nSPS) is 16.9. The molecule has 1 saturated carbocycles. The van der Waals surface area contributed by atoms with Crippen LogP contribution in [0.3, 0.4) is 0 Å². The van der Waals surface area contributed by atoms with E-state index in [0.29, 0.717) is 23.3 Å². The summed E-state index contributed by atoms with van der Waals surface area (Å²) < 4.78 is 7.22. The largest absolute Gasteiger partial charge is 0.360 e. The minimum atomic E-state index is -0.606. The van der Waals surface area contributed by atoms with E-state index in [0.717, 1.165) is 29.9 Å². The van der Waals surface area contributed by atoms with E-state index in [1.807, 2.05) is 32.3 Å². The molecule has 1 N–H and O–H groups in total. The van der Waals surface area contributed by atoms with Gasteiger partial charge >= 0.3 is 0 Å². The maximum atomic E-state index is 12.8. The smallest absolute Gasteiger partial charge is 0.273 e. The Balaban J connectivity index is 1.53. The molecule has 158 valence electrons. The van der Waals surface area contributed by atoms with E-state index in [1.54, 1.807) is 23.0 Å². The number of rotatable bonds is 6. The summed E-state index contributed by atoms with van der Waals surface area (Å²) in [6, 6.07) is 7.28. The lowest BCUT2D eigenvalue weighted by molar-refractivity contribution is 0.0937. The second-order valence-electron chi connectivity index (χ2n) is 8.21. The van der Waals surface area contributed by atoms with Gasteiger partial charge in [0.1, 0.15) is 10.9 Å². The molecule has 4 rings (SSSR count). The molecule has 3 aromatic rings. The molecule has 3 heterocycles. The molecular weight excluding hydrogens is 402 g/mol. The topological polar surface area (TPSA) is 85.8 Å². The first-order valence-corrected chi connectivity index (χ1v) is 10.7. The molecule has 1 amide bonds. The van der Waals surface area contributed by atoms with Gasteiger partial charge in [0.2, 0.25) is 0 Å². The van der Waals surface area contributed by atoms with Crippen LogP contribution in [0.5, 0.6) is 0 Å². The van der Waals surface area contributed by atoms with Gasteiger partial charge < -0.3 is 9.84 Å². The third-order valence-corrected chi connectivity index (χ3v) is 6.20. The Hall–Kier alpha value is -2.67. The highest BCUT2D eigenvalue weighted by Gasteiger charge is 2.33. The molecule has 1 unspecified atom stereocenters. The summed E-state index contributed by atoms with van der Waals surface area (Å²) in [5.74, 6) is 0.911. The van der Waals surface area contributed by atoms with Crippen LogP contribution in [-0.4, -0.2) is 32.4 Å². The highest BCUT2D eigenvalue weighted by molar-refractivity contribution is 6.29. The molecule has 1 atom stereocenters. The van der Waals surface area contributed by atoms with E-state index in [1.165, 1.54) is 19.3 Å². The van der Waals surface area contributed by atoms with Gasteiger partial charge in [-0.2, -0.15) is 5.10 Å². The van der Waals surface area contributed by atoms with Gasteiger partial charge in [-0.05, 0) is 31.9 Å². The zero-order chi connectivity index (χ0) is 21.1. The second kappa shape index (κ2) is 8.60. The monoisotopic (exact) mass is 427 g/mol. The lowest BCUT2D eigenvalue weighted by atomic mass is 9.80. The number of nitrogens with zero attached hydrogens (tertiary/aromatic N) is 4. The van der Waals surface area contributed by atoms with Crippen LogP contribution < -0.4 is 5.32 Å². The van der Waals surface area contributed by atoms with Gasteiger partial charge in [-0.1, -0.05) is 42.1 Å². The van der Waals surface area contributed by atoms with E-state index >= 15 is 0 Å². The van der Waals surface area contributed by atoms with Crippen molar-refractivity contribution in [3.63, 3.8) is 0 Å². The number of hydrogen-bond donors (Lipinski definition) is 1. The van der Waals surface area contributed by atoms with Gasteiger partial charge in [-0.15, -0.1) is 0 Å². The molecule has 1 fully saturated rings. The van der Waals surface area contributed by atoms with Gasteiger partial charge in [0.25, 0.3) is 5.91 Å². The number of hydrogen-bond acceptors (Lipinski definition) is 5. The standard InChI is InChI=1S/C22H26ClN5O2/c1-22(16-12-25-28(2)13-16,19-9-6-10-20(23)26-19)14-24-21(29)17-11-18(30-27-17)15-7-4-3-5-8-15/h6,9-13,15H,3-5,7-8,14H2,1-2H3,(H,24,29). The number of carbonyl (C=O) groups excluding carboxylic acids is 1. The predicted molar refractivity (Wildman–Crippen MR) is 114 cm³/mol. The lowest BCUT2D eigenvalue weighted by Crippen LogP contribution is -2.40. The predicted octanol–water partition coefficient (Wildman–Crippen LogP) is 4.24.